The molecule has 0 aliphatic carbocycles. The Morgan fingerprint density at radius 3 is 2.48 bits per heavy atom. The van der Waals surface area contributed by atoms with Gasteiger partial charge in [0.05, 0.1) is 29.2 Å². The number of amides is 1. The molecule has 0 N–H and O–H groups in total. The molecule has 1 amide bonds. The van der Waals surface area contributed by atoms with Crippen molar-refractivity contribution in [1.82, 2.24) is 4.90 Å². The van der Waals surface area contributed by atoms with Crippen LogP contribution in [0.3, 0.4) is 0 Å². The Morgan fingerprint density at radius 1 is 1.17 bits per heavy atom. The summed E-state index contributed by atoms with van der Waals surface area (Å²) in [6.07, 6.45) is 1.49. The van der Waals surface area contributed by atoms with Gasteiger partial charge in [-0.3, -0.25) is 14.9 Å². The predicted octanol–water partition coefficient (Wildman–Crippen LogP) is 4.03. The second-order valence-corrected chi connectivity index (χ2v) is 6.62. The van der Waals surface area contributed by atoms with E-state index in [-0.39, 0.29) is 28.8 Å². The number of ether oxygens (including phenoxy) is 1. The molecule has 1 atom stereocenters. The summed E-state index contributed by atoms with van der Waals surface area (Å²) >= 11 is 0. The van der Waals surface area contributed by atoms with Crippen LogP contribution < -0.4 is 0 Å². The van der Waals surface area contributed by atoms with Gasteiger partial charge in [0.25, 0.3) is 11.6 Å². The van der Waals surface area contributed by atoms with Gasteiger partial charge in [-0.15, -0.1) is 0 Å². The van der Waals surface area contributed by atoms with Crippen molar-refractivity contribution in [2.75, 3.05) is 7.11 Å². The van der Waals surface area contributed by atoms with E-state index in [1.807, 2.05) is 37.3 Å². The molecule has 0 fully saturated rings. The fourth-order valence-electron chi connectivity index (χ4n) is 3.44. The maximum Gasteiger partial charge on any atom is 0.340 e. The van der Waals surface area contributed by atoms with Gasteiger partial charge in [0.1, 0.15) is 0 Å². The average Bonchev–Trinajstić information content (AvgIpc) is 2.97. The molecule has 0 bridgehead atoms. The molecule has 2 aromatic rings. The van der Waals surface area contributed by atoms with Crippen molar-refractivity contribution in [2.24, 2.45) is 0 Å². The first-order valence-corrected chi connectivity index (χ1v) is 8.99. The van der Waals surface area contributed by atoms with Crippen molar-refractivity contribution in [1.29, 1.82) is 0 Å². The third-order valence-electron chi connectivity index (χ3n) is 4.89. The van der Waals surface area contributed by atoms with E-state index in [0.717, 1.165) is 5.56 Å². The first-order chi connectivity index (χ1) is 13.8. The van der Waals surface area contributed by atoms with Crippen molar-refractivity contribution in [3.63, 3.8) is 0 Å². The number of rotatable bonds is 5. The Morgan fingerprint density at radius 2 is 1.86 bits per heavy atom. The van der Waals surface area contributed by atoms with E-state index in [0.29, 0.717) is 11.3 Å². The highest BCUT2D eigenvalue weighted by atomic mass is 16.6. The molecule has 1 aliphatic heterocycles. The fourth-order valence-corrected chi connectivity index (χ4v) is 3.44. The maximum atomic E-state index is 13.3. The van der Waals surface area contributed by atoms with Crippen LogP contribution in [0.4, 0.5) is 5.69 Å². The summed E-state index contributed by atoms with van der Waals surface area (Å²) in [6.45, 7) is 3.57. The molecule has 148 valence electrons. The third-order valence-corrected chi connectivity index (χ3v) is 4.89. The minimum absolute atomic E-state index is 0.0976. The predicted molar refractivity (Wildman–Crippen MR) is 107 cm³/mol. The van der Waals surface area contributed by atoms with Crippen molar-refractivity contribution >= 4 is 23.6 Å². The van der Waals surface area contributed by atoms with Crippen LogP contribution in [0.5, 0.6) is 0 Å². The van der Waals surface area contributed by atoms with E-state index in [1.165, 1.54) is 31.4 Å². The highest BCUT2D eigenvalue weighted by molar-refractivity contribution is 6.16. The number of methoxy groups -OCH3 is 1. The molecule has 0 spiro atoms. The minimum Gasteiger partial charge on any atom is -0.465 e. The summed E-state index contributed by atoms with van der Waals surface area (Å²) in [7, 11) is 1.25. The quantitative estimate of drug-likeness (QED) is 0.332. The standard InChI is InChI=1S/C22H20N2O5/c1-14(17-9-5-4-6-10-17)23-15(2)20(22(26)29-3)19(21(23)25)13-16-8-7-11-18(12-16)24(27)28/h4-14H,1-3H3/b19-13-/t14-/m0/s1. The Hall–Kier alpha value is -3.74. The normalized spacial score (nSPS) is 16.3. The molecular formula is C22H20N2O5. The number of benzene rings is 2. The number of non-ortho nitro benzene ring substituents is 1. The zero-order valence-electron chi connectivity index (χ0n) is 16.3. The smallest absolute Gasteiger partial charge is 0.340 e. The van der Waals surface area contributed by atoms with Crippen molar-refractivity contribution in [3.8, 4) is 0 Å². The molecule has 1 heterocycles. The number of esters is 1. The van der Waals surface area contributed by atoms with E-state index in [4.69, 9.17) is 4.74 Å². The first kappa shape index (κ1) is 20.0. The van der Waals surface area contributed by atoms with Gasteiger partial charge in [-0.1, -0.05) is 42.5 Å². The minimum atomic E-state index is -0.629. The Balaban J connectivity index is 2.10. The summed E-state index contributed by atoms with van der Waals surface area (Å²) in [5.41, 5.74) is 2.06. The van der Waals surface area contributed by atoms with Crippen LogP contribution >= 0.6 is 0 Å². The van der Waals surface area contributed by atoms with Crippen LogP contribution in [0, 0.1) is 10.1 Å². The summed E-state index contributed by atoms with van der Waals surface area (Å²) in [4.78, 5) is 37.8. The van der Waals surface area contributed by atoms with Crippen LogP contribution in [-0.4, -0.2) is 28.8 Å². The van der Waals surface area contributed by atoms with Gasteiger partial charge in [0.15, 0.2) is 0 Å². The molecule has 0 radical (unpaired) electrons. The number of nitro groups is 1. The molecule has 0 unspecified atom stereocenters. The first-order valence-electron chi connectivity index (χ1n) is 8.99. The average molecular weight is 392 g/mol. The third kappa shape index (κ3) is 3.80. The summed E-state index contributed by atoms with van der Waals surface area (Å²) in [5, 5.41) is 11.1. The molecule has 1 aliphatic rings. The van der Waals surface area contributed by atoms with Gasteiger partial charge < -0.3 is 9.64 Å². The van der Waals surface area contributed by atoms with Crippen LogP contribution in [0.25, 0.3) is 6.08 Å². The lowest BCUT2D eigenvalue weighted by Crippen LogP contribution is -2.28. The SMILES string of the molecule is COC(=O)C1=C(C)N([C@@H](C)c2ccccc2)C(=O)/C1=C\c1cccc([N+](=O)[O-])c1. The number of allylic oxidation sites excluding steroid dienone is 1. The summed E-state index contributed by atoms with van der Waals surface area (Å²) < 4.78 is 4.89. The van der Waals surface area contributed by atoms with Crippen molar-refractivity contribution in [2.45, 2.75) is 19.9 Å². The second kappa shape index (κ2) is 8.10. The van der Waals surface area contributed by atoms with Gasteiger partial charge in [0.2, 0.25) is 0 Å². The monoisotopic (exact) mass is 392 g/mol. The fraction of sp³-hybridized carbons (Fsp3) is 0.182. The Bertz CT molecular complexity index is 1040. The lowest BCUT2D eigenvalue weighted by atomic mass is 10.0. The number of hydrogen-bond acceptors (Lipinski definition) is 5. The maximum absolute atomic E-state index is 13.3. The van der Waals surface area contributed by atoms with Crippen molar-refractivity contribution < 1.29 is 19.2 Å². The van der Waals surface area contributed by atoms with Crippen LogP contribution in [-0.2, 0) is 14.3 Å². The van der Waals surface area contributed by atoms with E-state index in [1.54, 1.807) is 17.9 Å². The summed E-state index contributed by atoms with van der Waals surface area (Å²) in [5.74, 6) is -0.985. The Kier molecular flexibility index (Phi) is 5.59. The van der Waals surface area contributed by atoms with Crippen LogP contribution in [0.2, 0.25) is 0 Å². The number of nitro benzene ring substituents is 1. The zero-order valence-corrected chi connectivity index (χ0v) is 16.3. The molecule has 7 heteroatoms. The molecular weight excluding hydrogens is 372 g/mol. The highest BCUT2D eigenvalue weighted by Gasteiger charge is 2.39. The molecule has 29 heavy (non-hydrogen) atoms. The van der Waals surface area contributed by atoms with Gasteiger partial charge in [-0.25, -0.2) is 4.79 Å². The van der Waals surface area contributed by atoms with E-state index >= 15 is 0 Å². The Labute approximate surface area is 168 Å². The number of hydrogen-bond donors (Lipinski definition) is 0. The second-order valence-electron chi connectivity index (χ2n) is 6.62. The van der Waals surface area contributed by atoms with E-state index in [9.17, 15) is 19.7 Å². The summed E-state index contributed by atoms with van der Waals surface area (Å²) in [6, 6.07) is 15.1. The zero-order chi connectivity index (χ0) is 21.1. The topological polar surface area (TPSA) is 89.8 Å². The lowest BCUT2D eigenvalue weighted by Gasteiger charge is -2.26. The van der Waals surface area contributed by atoms with Crippen LogP contribution in [0.15, 0.2) is 71.4 Å². The van der Waals surface area contributed by atoms with E-state index < -0.39 is 10.9 Å². The molecule has 0 aromatic heterocycles. The molecule has 0 saturated carbocycles. The van der Waals surface area contributed by atoms with Gasteiger partial charge >= 0.3 is 5.97 Å². The largest absolute Gasteiger partial charge is 0.465 e. The number of nitrogens with zero attached hydrogens (tertiary/aromatic N) is 2. The van der Waals surface area contributed by atoms with Crippen molar-refractivity contribution in [3.05, 3.63) is 92.7 Å². The highest BCUT2D eigenvalue weighted by Crippen LogP contribution is 2.37. The van der Waals surface area contributed by atoms with Crippen LogP contribution in [0.1, 0.15) is 31.0 Å². The number of carbonyl (C=O) groups is 2. The molecule has 2 aromatic carbocycles. The molecule has 0 saturated heterocycles. The molecule has 3 rings (SSSR count). The lowest BCUT2D eigenvalue weighted by molar-refractivity contribution is -0.384. The van der Waals surface area contributed by atoms with Gasteiger partial charge in [0, 0.05) is 17.8 Å². The van der Waals surface area contributed by atoms with E-state index in [2.05, 4.69) is 0 Å². The molecule has 7 nitrogen and oxygen atoms in total. The van der Waals surface area contributed by atoms with Gasteiger partial charge in [-0.2, -0.15) is 0 Å². The van der Waals surface area contributed by atoms with Gasteiger partial charge in [-0.05, 0) is 31.1 Å². The number of carbonyl (C=O) groups excluding carboxylic acids is 2.